The number of aliphatic hydroxyl groups excluding tert-OH is 1. The summed E-state index contributed by atoms with van der Waals surface area (Å²) in [6.45, 7) is 9.41. The fourth-order valence-electron chi connectivity index (χ4n) is 2.40. The zero-order valence-corrected chi connectivity index (χ0v) is 12.8. The molecule has 2 fully saturated rings. The average molecular weight is 289 g/mol. The van der Waals surface area contributed by atoms with Crippen LogP contribution in [-0.2, 0) is 18.9 Å². The summed E-state index contributed by atoms with van der Waals surface area (Å²) in [6, 6.07) is -0.381. The minimum Gasteiger partial charge on any atom is -0.390 e. The van der Waals surface area contributed by atoms with Crippen molar-refractivity contribution in [3.63, 3.8) is 0 Å². The van der Waals surface area contributed by atoms with Crippen LogP contribution in [0.25, 0.3) is 0 Å². The van der Waals surface area contributed by atoms with E-state index >= 15 is 0 Å². The van der Waals surface area contributed by atoms with Crippen molar-refractivity contribution in [3.05, 3.63) is 0 Å². The Labute approximate surface area is 120 Å². The molecule has 2 aliphatic heterocycles. The molecule has 0 aromatic heterocycles. The maximum absolute atomic E-state index is 10.2. The van der Waals surface area contributed by atoms with Crippen LogP contribution >= 0.6 is 0 Å². The Morgan fingerprint density at radius 1 is 1.20 bits per heavy atom. The van der Waals surface area contributed by atoms with Gasteiger partial charge in [0.25, 0.3) is 0 Å². The van der Waals surface area contributed by atoms with E-state index in [1.165, 1.54) is 0 Å². The second-order valence-corrected chi connectivity index (χ2v) is 6.99. The third kappa shape index (κ3) is 4.13. The predicted molar refractivity (Wildman–Crippen MR) is 73.0 cm³/mol. The molecule has 2 aliphatic rings. The molecule has 0 bridgehead atoms. The Kier molecular flexibility index (Phi) is 4.73. The smallest absolute Gasteiger partial charge is 0.172 e. The van der Waals surface area contributed by atoms with Gasteiger partial charge in [-0.05, 0) is 20.3 Å². The minimum atomic E-state index is -0.686. The molecule has 0 aromatic carbocycles. The largest absolute Gasteiger partial charge is 0.390 e. The van der Waals surface area contributed by atoms with Crippen LogP contribution in [0.5, 0.6) is 0 Å². The SMILES string of the molecule is CC1(C)COC([C@@H](N)C[C@H](O)[C@H]2COC(C)(C)O2)OC1. The second-order valence-electron chi connectivity index (χ2n) is 6.99. The van der Waals surface area contributed by atoms with Gasteiger partial charge >= 0.3 is 0 Å². The Balaban J connectivity index is 1.78. The molecular weight excluding hydrogens is 262 g/mol. The number of rotatable bonds is 4. The molecule has 3 atom stereocenters. The zero-order valence-electron chi connectivity index (χ0n) is 12.8. The minimum absolute atomic E-state index is 0.0151. The van der Waals surface area contributed by atoms with Gasteiger partial charge in [-0.15, -0.1) is 0 Å². The highest BCUT2D eigenvalue weighted by molar-refractivity contribution is 4.83. The maximum Gasteiger partial charge on any atom is 0.172 e. The van der Waals surface area contributed by atoms with Crippen LogP contribution in [0.1, 0.15) is 34.1 Å². The fraction of sp³-hybridized carbons (Fsp3) is 1.00. The highest BCUT2D eigenvalue weighted by Gasteiger charge is 2.39. The van der Waals surface area contributed by atoms with Crippen LogP contribution in [0.3, 0.4) is 0 Å². The van der Waals surface area contributed by atoms with Crippen LogP contribution in [0.15, 0.2) is 0 Å². The summed E-state index contributed by atoms with van der Waals surface area (Å²) >= 11 is 0. The van der Waals surface area contributed by atoms with Crippen LogP contribution in [0.4, 0.5) is 0 Å². The van der Waals surface area contributed by atoms with E-state index in [0.717, 1.165) is 0 Å². The molecule has 3 N–H and O–H groups in total. The molecule has 0 aliphatic carbocycles. The van der Waals surface area contributed by atoms with Gasteiger partial charge in [0.05, 0.1) is 32.0 Å². The predicted octanol–water partition coefficient (Wildman–Crippen LogP) is 0.615. The van der Waals surface area contributed by atoms with Crippen LogP contribution < -0.4 is 5.73 Å². The highest BCUT2D eigenvalue weighted by atomic mass is 16.7. The van der Waals surface area contributed by atoms with Crippen LogP contribution in [0.2, 0.25) is 0 Å². The lowest BCUT2D eigenvalue weighted by Gasteiger charge is -2.37. The molecule has 2 rings (SSSR count). The van der Waals surface area contributed by atoms with Crippen molar-refractivity contribution in [1.29, 1.82) is 0 Å². The number of aliphatic hydroxyl groups is 1. The number of ether oxygens (including phenoxy) is 4. The lowest BCUT2D eigenvalue weighted by Crippen LogP contribution is -2.49. The van der Waals surface area contributed by atoms with Gasteiger partial charge in [0.2, 0.25) is 0 Å². The highest BCUT2D eigenvalue weighted by Crippen LogP contribution is 2.28. The molecule has 118 valence electrons. The van der Waals surface area contributed by atoms with Crippen molar-refractivity contribution in [2.24, 2.45) is 11.1 Å². The fourth-order valence-corrected chi connectivity index (χ4v) is 2.40. The Morgan fingerprint density at radius 3 is 2.30 bits per heavy atom. The van der Waals surface area contributed by atoms with Crippen molar-refractivity contribution in [3.8, 4) is 0 Å². The van der Waals surface area contributed by atoms with E-state index in [9.17, 15) is 5.11 Å². The summed E-state index contributed by atoms with van der Waals surface area (Å²) in [5.74, 6) is -0.641. The van der Waals surface area contributed by atoms with E-state index in [0.29, 0.717) is 26.2 Å². The third-order valence-corrected chi connectivity index (χ3v) is 3.60. The standard InChI is InChI=1S/C14H27NO5/c1-13(2)7-17-12(18-8-13)9(15)5-10(16)11-6-19-14(3,4)20-11/h9-12,16H,5-8,15H2,1-4H3/t9-,10-,11+/m0/s1. The molecule has 0 unspecified atom stereocenters. The first-order valence-corrected chi connectivity index (χ1v) is 7.17. The monoisotopic (exact) mass is 289 g/mol. The molecule has 0 saturated carbocycles. The maximum atomic E-state index is 10.2. The van der Waals surface area contributed by atoms with E-state index in [1.807, 2.05) is 13.8 Å². The molecule has 6 heteroatoms. The van der Waals surface area contributed by atoms with Crippen molar-refractivity contribution in [2.75, 3.05) is 19.8 Å². The van der Waals surface area contributed by atoms with E-state index in [2.05, 4.69) is 13.8 Å². The normalized spacial score (nSPS) is 33.0. The van der Waals surface area contributed by atoms with Gasteiger partial charge in [-0.25, -0.2) is 0 Å². The van der Waals surface area contributed by atoms with Crippen LogP contribution in [0, 0.1) is 5.41 Å². The van der Waals surface area contributed by atoms with Gasteiger partial charge in [-0.3, -0.25) is 0 Å². The van der Waals surface area contributed by atoms with E-state index in [4.69, 9.17) is 24.7 Å². The lowest BCUT2D eigenvalue weighted by atomic mass is 9.95. The van der Waals surface area contributed by atoms with Crippen molar-refractivity contribution >= 4 is 0 Å². The van der Waals surface area contributed by atoms with E-state index in [-0.39, 0.29) is 17.6 Å². The first-order valence-electron chi connectivity index (χ1n) is 7.17. The third-order valence-electron chi connectivity index (χ3n) is 3.60. The number of hydrogen-bond donors (Lipinski definition) is 2. The molecule has 2 saturated heterocycles. The summed E-state index contributed by atoms with van der Waals surface area (Å²) in [5, 5.41) is 10.2. The summed E-state index contributed by atoms with van der Waals surface area (Å²) in [5.41, 5.74) is 6.08. The van der Waals surface area contributed by atoms with E-state index < -0.39 is 18.2 Å². The number of hydrogen-bond acceptors (Lipinski definition) is 6. The molecule has 20 heavy (non-hydrogen) atoms. The first kappa shape index (κ1) is 16.1. The molecule has 0 spiro atoms. The summed E-state index contributed by atoms with van der Waals surface area (Å²) in [4.78, 5) is 0. The summed E-state index contributed by atoms with van der Waals surface area (Å²) in [7, 11) is 0. The Hall–Kier alpha value is -0.240. The molecule has 0 amide bonds. The molecule has 6 nitrogen and oxygen atoms in total. The van der Waals surface area contributed by atoms with Gasteiger partial charge in [0.1, 0.15) is 6.10 Å². The van der Waals surface area contributed by atoms with Gasteiger partial charge in [0.15, 0.2) is 12.1 Å². The van der Waals surface area contributed by atoms with Crippen molar-refractivity contribution in [2.45, 2.75) is 64.4 Å². The Bertz CT molecular complexity index is 324. The molecule has 0 aromatic rings. The Morgan fingerprint density at radius 2 is 1.80 bits per heavy atom. The summed E-state index contributed by atoms with van der Waals surface area (Å²) < 4.78 is 22.3. The van der Waals surface area contributed by atoms with Crippen LogP contribution in [-0.4, -0.2) is 55.3 Å². The second kappa shape index (κ2) is 5.87. The molecule has 2 heterocycles. The average Bonchev–Trinajstić information content (AvgIpc) is 2.69. The van der Waals surface area contributed by atoms with Gasteiger partial charge in [0, 0.05) is 5.41 Å². The topological polar surface area (TPSA) is 83.2 Å². The molecular formula is C14H27NO5. The van der Waals surface area contributed by atoms with Gasteiger partial charge in [-0.2, -0.15) is 0 Å². The summed E-state index contributed by atoms with van der Waals surface area (Å²) in [6.07, 6.45) is -1.15. The quantitative estimate of drug-likeness (QED) is 0.789. The van der Waals surface area contributed by atoms with Gasteiger partial charge < -0.3 is 29.8 Å². The van der Waals surface area contributed by atoms with Crippen molar-refractivity contribution in [1.82, 2.24) is 0 Å². The van der Waals surface area contributed by atoms with E-state index in [1.54, 1.807) is 0 Å². The number of nitrogens with two attached hydrogens (primary N) is 1. The first-order chi connectivity index (χ1) is 9.19. The zero-order chi connectivity index (χ0) is 15.0. The molecule has 0 radical (unpaired) electrons. The van der Waals surface area contributed by atoms with Crippen molar-refractivity contribution < 1.29 is 24.1 Å². The van der Waals surface area contributed by atoms with Gasteiger partial charge in [-0.1, -0.05) is 13.8 Å². The lowest BCUT2D eigenvalue weighted by molar-refractivity contribution is -0.233.